The summed E-state index contributed by atoms with van der Waals surface area (Å²) < 4.78 is 5.63. The molecule has 0 aliphatic rings. The van der Waals surface area contributed by atoms with E-state index < -0.39 is 5.97 Å². The third-order valence-electron chi connectivity index (χ3n) is 8.73. The fourth-order valence-corrected chi connectivity index (χ4v) is 5.87. The average Bonchev–Trinajstić information content (AvgIpc) is 2.98. The molecule has 0 radical (unpaired) electrons. The molecule has 0 saturated heterocycles. The molecule has 0 rings (SSSR count). The zero-order chi connectivity index (χ0) is 31.5. The number of carboxylic acids is 1. The Morgan fingerprint density at radius 2 is 0.860 bits per heavy atom. The lowest BCUT2D eigenvalue weighted by Gasteiger charge is -2.13. The van der Waals surface area contributed by atoms with Gasteiger partial charge in [0.05, 0.1) is 6.10 Å². The van der Waals surface area contributed by atoms with Gasteiger partial charge in [0.1, 0.15) is 0 Å². The molecule has 0 bridgehead atoms. The number of carbonyl (C=O) groups excluding carboxylic acids is 1. The van der Waals surface area contributed by atoms with E-state index in [4.69, 9.17) is 9.84 Å². The highest BCUT2D eigenvalue weighted by atomic mass is 16.5. The molecule has 254 valence electrons. The molecule has 4 nitrogen and oxygen atoms in total. The zero-order valence-electron chi connectivity index (χ0n) is 29.0. The molecular formula is C39H74O4. The Kier molecular flexibility index (Phi) is 34.1. The highest BCUT2D eigenvalue weighted by Gasteiger charge is 2.09. The van der Waals surface area contributed by atoms with Crippen molar-refractivity contribution >= 4 is 11.9 Å². The number of aliphatic carboxylic acids is 1. The van der Waals surface area contributed by atoms with Crippen LogP contribution in [0, 0.1) is 0 Å². The summed E-state index contributed by atoms with van der Waals surface area (Å²) in [5.74, 6) is -0.675. The van der Waals surface area contributed by atoms with Gasteiger partial charge in [0, 0.05) is 12.8 Å². The molecular weight excluding hydrogens is 532 g/mol. The Hall–Kier alpha value is -1.32. The topological polar surface area (TPSA) is 63.6 Å². The molecule has 1 N–H and O–H groups in total. The van der Waals surface area contributed by atoms with E-state index in [2.05, 4.69) is 19.1 Å². The molecule has 4 heteroatoms. The van der Waals surface area contributed by atoms with Gasteiger partial charge in [0.15, 0.2) is 0 Å². The van der Waals surface area contributed by atoms with Crippen LogP contribution >= 0.6 is 0 Å². The van der Waals surface area contributed by atoms with Gasteiger partial charge in [-0.05, 0) is 58.3 Å². The van der Waals surface area contributed by atoms with Crippen molar-refractivity contribution < 1.29 is 19.4 Å². The van der Waals surface area contributed by atoms with E-state index in [1.807, 2.05) is 6.92 Å². The molecule has 0 aromatic heterocycles. The van der Waals surface area contributed by atoms with Crippen molar-refractivity contribution in [1.82, 2.24) is 0 Å². The molecule has 0 aliphatic carbocycles. The highest BCUT2D eigenvalue weighted by Crippen LogP contribution is 2.16. The van der Waals surface area contributed by atoms with Gasteiger partial charge in [-0.2, -0.15) is 0 Å². The van der Waals surface area contributed by atoms with Crippen LogP contribution in [0.5, 0.6) is 0 Å². The Bertz CT molecular complexity index is 614. The average molecular weight is 607 g/mol. The second-order valence-corrected chi connectivity index (χ2v) is 13.2. The molecule has 0 aliphatic heterocycles. The summed E-state index contributed by atoms with van der Waals surface area (Å²) in [6.07, 6.45) is 43.6. The van der Waals surface area contributed by atoms with Crippen LogP contribution in [0.15, 0.2) is 12.2 Å². The Labute approximate surface area is 268 Å². The minimum Gasteiger partial charge on any atom is -0.481 e. The number of rotatable bonds is 35. The number of carboxylic acid groups (broad SMARTS) is 1. The van der Waals surface area contributed by atoms with Crippen molar-refractivity contribution in [2.24, 2.45) is 0 Å². The molecule has 1 atom stereocenters. The Balaban J connectivity index is 3.30. The zero-order valence-corrected chi connectivity index (χ0v) is 29.0. The van der Waals surface area contributed by atoms with Gasteiger partial charge in [-0.15, -0.1) is 0 Å². The summed E-state index contributed by atoms with van der Waals surface area (Å²) in [6.45, 7) is 4.33. The van der Waals surface area contributed by atoms with E-state index in [0.717, 1.165) is 38.5 Å². The smallest absolute Gasteiger partial charge is 0.306 e. The maximum Gasteiger partial charge on any atom is 0.306 e. The van der Waals surface area contributed by atoms with E-state index in [0.29, 0.717) is 12.8 Å². The van der Waals surface area contributed by atoms with E-state index >= 15 is 0 Å². The molecule has 0 saturated carbocycles. The number of esters is 1. The van der Waals surface area contributed by atoms with Gasteiger partial charge in [-0.3, -0.25) is 9.59 Å². The first-order valence-corrected chi connectivity index (χ1v) is 19.1. The minimum absolute atomic E-state index is 0.00425. The van der Waals surface area contributed by atoms with Crippen LogP contribution in [0.25, 0.3) is 0 Å². The first kappa shape index (κ1) is 41.7. The van der Waals surface area contributed by atoms with Gasteiger partial charge in [-0.1, -0.05) is 160 Å². The predicted octanol–water partition coefficient (Wildman–Crippen LogP) is 13.1. The van der Waals surface area contributed by atoms with Gasteiger partial charge in [-0.25, -0.2) is 0 Å². The lowest BCUT2D eigenvalue weighted by molar-refractivity contribution is -0.148. The molecule has 1 unspecified atom stereocenters. The van der Waals surface area contributed by atoms with E-state index in [9.17, 15) is 9.59 Å². The number of carbonyl (C=O) groups is 2. The summed E-state index contributed by atoms with van der Waals surface area (Å²) >= 11 is 0. The molecule has 0 fully saturated rings. The van der Waals surface area contributed by atoms with Crippen LogP contribution in [0.3, 0.4) is 0 Å². The fraction of sp³-hybridized carbons (Fsp3) is 0.897. The normalized spacial score (nSPS) is 12.2. The number of hydrogen-bond acceptors (Lipinski definition) is 3. The number of hydrogen-bond donors (Lipinski definition) is 1. The highest BCUT2D eigenvalue weighted by molar-refractivity contribution is 5.69. The maximum atomic E-state index is 12.1. The second-order valence-electron chi connectivity index (χ2n) is 13.2. The molecule has 43 heavy (non-hydrogen) atoms. The minimum atomic E-state index is -0.671. The third-order valence-corrected chi connectivity index (χ3v) is 8.73. The first-order chi connectivity index (χ1) is 21.1. The quantitative estimate of drug-likeness (QED) is 0.0443. The molecule has 0 amide bonds. The standard InChI is InChI=1S/C39H74O4/c1-3-4-5-6-7-8-9-10-11-12-13-14-15-16-21-24-27-30-33-36-39(42)43-37(2)34-31-28-25-22-19-17-18-20-23-26-29-32-35-38(40)41/h10-11,37H,3-9,12-36H2,1-2H3,(H,40,41)/b11-10-. The van der Waals surface area contributed by atoms with Crippen LogP contribution < -0.4 is 0 Å². The molecule has 0 aromatic rings. The van der Waals surface area contributed by atoms with Crippen molar-refractivity contribution in [3.05, 3.63) is 12.2 Å². The second kappa shape index (κ2) is 35.2. The SMILES string of the molecule is CCCCCCCC/C=C\CCCCCCCCCCCC(=O)OC(C)CCCCCCCCCCCCCCC(=O)O. The number of unbranched alkanes of at least 4 members (excludes halogenated alkanes) is 26. The maximum absolute atomic E-state index is 12.1. The lowest BCUT2D eigenvalue weighted by Crippen LogP contribution is -2.14. The largest absolute Gasteiger partial charge is 0.481 e. The molecule has 0 heterocycles. The van der Waals surface area contributed by atoms with E-state index in [-0.39, 0.29) is 12.1 Å². The van der Waals surface area contributed by atoms with Crippen LogP contribution in [0.2, 0.25) is 0 Å². The number of allylic oxidation sites excluding steroid dienone is 2. The third kappa shape index (κ3) is 36.8. The van der Waals surface area contributed by atoms with Crippen molar-refractivity contribution in [1.29, 1.82) is 0 Å². The molecule has 0 spiro atoms. The van der Waals surface area contributed by atoms with Gasteiger partial charge < -0.3 is 9.84 Å². The Morgan fingerprint density at radius 3 is 1.28 bits per heavy atom. The van der Waals surface area contributed by atoms with Crippen LogP contribution in [0.4, 0.5) is 0 Å². The monoisotopic (exact) mass is 607 g/mol. The van der Waals surface area contributed by atoms with Crippen LogP contribution in [0.1, 0.15) is 219 Å². The van der Waals surface area contributed by atoms with Gasteiger partial charge in [0.2, 0.25) is 0 Å². The van der Waals surface area contributed by atoms with E-state index in [1.54, 1.807) is 0 Å². The summed E-state index contributed by atoms with van der Waals surface area (Å²) in [4.78, 5) is 22.6. The summed E-state index contributed by atoms with van der Waals surface area (Å²) in [5, 5.41) is 8.64. The first-order valence-electron chi connectivity index (χ1n) is 19.1. The van der Waals surface area contributed by atoms with Gasteiger partial charge >= 0.3 is 11.9 Å². The van der Waals surface area contributed by atoms with Crippen molar-refractivity contribution in [2.75, 3.05) is 0 Å². The number of ether oxygens (including phenoxy) is 1. The van der Waals surface area contributed by atoms with Crippen molar-refractivity contribution in [2.45, 2.75) is 225 Å². The summed E-state index contributed by atoms with van der Waals surface area (Å²) in [5.41, 5.74) is 0. The van der Waals surface area contributed by atoms with E-state index in [1.165, 1.54) is 154 Å². The van der Waals surface area contributed by atoms with Crippen molar-refractivity contribution in [3.63, 3.8) is 0 Å². The fourth-order valence-electron chi connectivity index (χ4n) is 5.87. The molecule has 0 aromatic carbocycles. The van der Waals surface area contributed by atoms with Crippen LogP contribution in [-0.2, 0) is 14.3 Å². The summed E-state index contributed by atoms with van der Waals surface area (Å²) in [6, 6.07) is 0. The van der Waals surface area contributed by atoms with Crippen molar-refractivity contribution in [3.8, 4) is 0 Å². The van der Waals surface area contributed by atoms with Crippen LogP contribution in [-0.4, -0.2) is 23.1 Å². The Morgan fingerprint density at radius 1 is 0.512 bits per heavy atom. The summed E-state index contributed by atoms with van der Waals surface area (Å²) in [7, 11) is 0. The predicted molar refractivity (Wildman–Crippen MR) is 186 cm³/mol. The van der Waals surface area contributed by atoms with Gasteiger partial charge in [0.25, 0.3) is 0 Å². The lowest BCUT2D eigenvalue weighted by atomic mass is 10.0.